The van der Waals surface area contributed by atoms with Crippen molar-refractivity contribution in [2.45, 2.75) is 12.8 Å². The van der Waals surface area contributed by atoms with Crippen molar-refractivity contribution in [1.82, 2.24) is 4.90 Å². The minimum absolute atomic E-state index is 0.108. The molecule has 0 unspecified atom stereocenters. The molecule has 112 valence electrons. The minimum Gasteiger partial charge on any atom is -0.492 e. The lowest BCUT2D eigenvalue weighted by Gasteiger charge is -2.18. The Labute approximate surface area is 126 Å². The molecule has 0 saturated carbocycles. The summed E-state index contributed by atoms with van der Waals surface area (Å²) in [4.78, 5) is 15.4. The van der Waals surface area contributed by atoms with E-state index >= 15 is 0 Å². The van der Waals surface area contributed by atoms with Crippen molar-refractivity contribution in [1.29, 1.82) is 0 Å². The number of benzene rings is 1. The number of rotatable bonds is 8. The van der Waals surface area contributed by atoms with E-state index in [2.05, 4.69) is 0 Å². The van der Waals surface area contributed by atoms with Crippen LogP contribution in [-0.4, -0.2) is 51.0 Å². The van der Waals surface area contributed by atoms with Crippen LogP contribution in [0.25, 0.3) is 0 Å². The highest BCUT2D eigenvalue weighted by Gasteiger charge is 2.08. The third kappa shape index (κ3) is 5.70. The number of ether oxygens (including phenoxy) is 1. The summed E-state index contributed by atoms with van der Waals surface area (Å²) < 4.78 is 5.68. The molecule has 0 heterocycles. The van der Waals surface area contributed by atoms with Crippen molar-refractivity contribution in [2.75, 3.05) is 45.1 Å². The summed E-state index contributed by atoms with van der Waals surface area (Å²) in [6, 6.07) is 7.88. The van der Waals surface area contributed by atoms with Gasteiger partial charge in [-0.3, -0.25) is 4.79 Å². The molecule has 1 rings (SSSR count). The molecule has 0 radical (unpaired) electrons. The monoisotopic (exact) mass is 298 g/mol. The molecule has 0 aliphatic heterocycles. The first-order valence-electron chi connectivity index (χ1n) is 6.74. The van der Waals surface area contributed by atoms with Gasteiger partial charge in [0.1, 0.15) is 12.4 Å². The fourth-order valence-electron chi connectivity index (χ4n) is 1.69. The Morgan fingerprint density at radius 2 is 2.05 bits per heavy atom. The molecular formula is C15H23ClN2O2. The van der Waals surface area contributed by atoms with E-state index in [1.807, 2.05) is 43.3 Å². The van der Waals surface area contributed by atoms with Gasteiger partial charge < -0.3 is 14.5 Å². The number of carbonyl (C=O) groups is 1. The third-order valence-corrected chi connectivity index (χ3v) is 3.25. The molecule has 0 bridgehead atoms. The highest BCUT2D eigenvalue weighted by Crippen LogP contribution is 2.19. The lowest BCUT2D eigenvalue weighted by molar-refractivity contribution is -0.130. The van der Waals surface area contributed by atoms with Crippen LogP contribution in [-0.2, 0) is 4.79 Å². The van der Waals surface area contributed by atoms with Gasteiger partial charge in [0.25, 0.3) is 0 Å². The van der Waals surface area contributed by atoms with E-state index in [0.29, 0.717) is 25.5 Å². The third-order valence-electron chi connectivity index (χ3n) is 2.98. The van der Waals surface area contributed by atoms with Gasteiger partial charge in [-0.15, -0.1) is 11.6 Å². The van der Waals surface area contributed by atoms with E-state index in [4.69, 9.17) is 16.3 Å². The van der Waals surface area contributed by atoms with Crippen LogP contribution in [0.15, 0.2) is 24.3 Å². The quantitative estimate of drug-likeness (QED) is 0.692. The molecule has 20 heavy (non-hydrogen) atoms. The highest BCUT2D eigenvalue weighted by molar-refractivity contribution is 6.17. The number of hydrogen-bond acceptors (Lipinski definition) is 3. The molecule has 0 aliphatic carbocycles. The number of hydrogen-bond donors (Lipinski definition) is 0. The van der Waals surface area contributed by atoms with Crippen LogP contribution in [0.1, 0.15) is 12.8 Å². The summed E-state index contributed by atoms with van der Waals surface area (Å²) >= 11 is 5.58. The number of nitrogens with zero attached hydrogens (tertiary/aromatic N) is 2. The molecule has 1 aromatic carbocycles. The maximum Gasteiger partial charge on any atom is 0.222 e. The fraction of sp³-hybridized carbons (Fsp3) is 0.533. The summed E-state index contributed by atoms with van der Waals surface area (Å²) in [6.45, 7) is 1.06. The maximum absolute atomic E-state index is 11.7. The maximum atomic E-state index is 11.7. The lowest BCUT2D eigenvalue weighted by atomic mass is 10.3. The van der Waals surface area contributed by atoms with Crippen LogP contribution in [0.3, 0.4) is 0 Å². The molecule has 0 aromatic heterocycles. The molecule has 0 fully saturated rings. The van der Waals surface area contributed by atoms with Gasteiger partial charge in [-0.25, -0.2) is 0 Å². The van der Waals surface area contributed by atoms with Crippen molar-refractivity contribution >= 4 is 23.2 Å². The smallest absolute Gasteiger partial charge is 0.222 e. The predicted molar refractivity (Wildman–Crippen MR) is 83.9 cm³/mol. The second kappa shape index (κ2) is 8.69. The zero-order valence-electron chi connectivity index (χ0n) is 12.4. The number of anilines is 1. The molecular weight excluding hydrogens is 276 g/mol. The summed E-state index contributed by atoms with van der Waals surface area (Å²) in [7, 11) is 5.76. The van der Waals surface area contributed by atoms with Crippen molar-refractivity contribution in [2.24, 2.45) is 0 Å². The van der Waals surface area contributed by atoms with E-state index in [0.717, 1.165) is 17.9 Å². The van der Waals surface area contributed by atoms with Crippen molar-refractivity contribution in [3.8, 4) is 5.75 Å². The predicted octanol–water partition coefficient (Wildman–Crippen LogP) is 2.61. The van der Waals surface area contributed by atoms with Gasteiger partial charge in [0.15, 0.2) is 0 Å². The largest absolute Gasteiger partial charge is 0.492 e. The normalized spacial score (nSPS) is 10.2. The van der Waals surface area contributed by atoms with Gasteiger partial charge >= 0.3 is 0 Å². The van der Waals surface area contributed by atoms with E-state index in [1.165, 1.54) is 0 Å². The molecule has 0 saturated heterocycles. The van der Waals surface area contributed by atoms with E-state index in [-0.39, 0.29) is 5.91 Å². The van der Waals surface area contributed by atoms with Gasteiger partial charge in [-0.1, -0.05) is 6.07 Å². The molecule has 1 aromatic rings. The van der Waals surface area contributed by atoms with Crippen LogP contribution in [0.4, 0.5) is 5.69 Å². The SMILES string of the molecule is CN(CCOc1cccc(N(C)C)c1)C(=O)CCCCl. The number of amides is 1. The lowest BCUT2D eigenvalue weighted by Crippen LogP contribution is -2.30. The van der Waals surface area contributed by atoms with Crippen LogP contribution in [0, 0.1) is 0 Å². The minimum atomic E-state index is 0.108. The highest BCUT2D eigenvalue weighted by atomic mass is 35.5. The molecule has 5 heteroatoms. The topological polar surface area (TPSA) is 32.8 Å². The molecule has 0 aliphatic rings. The van der Waals surface area contributed by atoms with Gasteiger partial charge in [0.2, 0.25) is 5.91 Å². The summed E-state index contributed by atoms with van der Waals surface area (Å²) in [5.74, 6) is 1.45. The van der Waals surface area contributed by atoms with Crippen molar-refractivity contribution in [3.05, 3.63) is 24.3 Å². The van der Waals surface area contributed by atoms with Crippen LogP contribution >= 0.6 is 11.6 Å². The first-order chi connectivity index (χ1) is 9.54. The first-order valence-corrected chi connectivity index (χ1v) is 7.28. The van der Waals surface area contributed by atoms with Crippen LogP contribution < -0.4 is 9.64 Å². The zero-order chi connectivity index (χ0) is 15.0. The van der Waals surface area contributed by atoms with Gasteiger partial charge in [0, 0.05) is 45.2 Å². The second-order valence-corrected chi connectivity index (χ2v) is 5.23. The Hall–Kier alpha value is -1.42. The Kier molecular flexibility index (Phi) is 7.23. The number of likely N-dealkylation sites (N-methyl/N-ethyl adjacent to an activating group) is 1. The average Bonchev–Trinajstić information content (AvgIpc) is 2.44. The van der Waals surface area contributed by atoms with E-state index in [1.54, 1.807) is 11.9 Å². The Morgan fingerprint density at radius 3 is 2.70 bits per heavy atom. The number of alkyl halides is 1. The summed E-state index contributed by atoms with van der Waals surface area (Å²) in [5, 5.41) is 0. The summed E-state index contributed by atoms with van der Waals surface area (Å²) in [5.41, 5.74) is 1.09. The van der Waals surface area contributed by atoms with Gasteiger partial charge in [-0.05, 0) is 18.6 Å². The standard InChI is InChI=1S/C15H23ClN2O2/c1-17(2)13-6-4-7-14(12-13)20-11-10-18(3)15(19)8-5-9-16/h4,6-7,12H,5,8-11H2,1-3H3. The molecule has 0 spiro atoms. The van der Waals surface area contributed by atoms with E-state index < -0.39 is 0 Å². The zero-order valence-corrected chi connectivity index (χ0v) is 13.2. The second-order valence-electron chi connectivity index (χ2n) is 4.85. The van der Waals surface area contributed by atoms with Crippen molar-refractivity contribution < 1.29 is 9.53 Å². The van der Waals surface area contributed by atoms with Gasteiger partial charge in [-0.2, -0.15) is 0 Å². The van der Waals surface area contributed by atoms with E-state index in [9.17, 15) is 4.79 Å². The fourth-order valence-corrected chi connectivity index (χ4v) is 1.82. The average molecular weight is 299 g/mol. The Morgan fingerprint density at radius 1 is 1.30 bits per heavy atom. The molecule has 4 nitrogen and oxygen atoms in total. The van der Waals surface area contributed by atoms with Gasteiger partial charge in [0.05, 0.1) is 6.54 Å². The summed E-state index contributed by atoms with van der Waals surface area (Å²) in [6.07, 6.45) is 1.21. The Balaban J connectivity index is 2.36. The molecule has 1 amide bonds. The first kappa shape index (κ1) is 16.6. The Bertz CT molecular complexity index is 424. The van der Waals surface area contributed by atoms with Crippen molar-refractivity contribution in [3.63, 3.8) is 0 Å². The molecule has 0 atom stereocenters. The van der Waals surface area contributed by atoms with Crippen LogP contribution in [0.2, 0.25) is 0 Å². The number of carbonyl (C=O) groups excluding carboxylic acids is 1. The molecule has 0 N–H and O–H groups in total. The van der Waals surface area contributed by atoms with Crippen LogP contribution in [0.5, 0.6) is 5.75 Å². The number of halogens is 1.